The minimum Gasteiger partial charge on any atom is -0.490 e. The minimum absolute atomic E-state index is 0.0475. The number of hydrogen-bond acceptors (Lipinski definition) is 3. The third-order valence-electron chi connectivity index (χ3n) is 3.41. The molecule has 0 saturated carbocycles. The van der Waals surface area contributed by atoms with Crippen molar-refractivity contribution >= 4 is 23.2 Å². The molecule has 2 N–H and O–H groups in total. The fourth-order valence-electron chi connectivity index (χ4n) is 2.13. The summed E-state index contributed by atoms with van der Waals surface area (Å²) in [5.74, 6) is 0.478. The maximum atomic E-state index is 12.1. The van der Waals surface area contributed by atoms with Gasteiger partial charge in [-0.05, 0) is 37.5 Å². The predicted octanol–water partition coefficient (Wildman–Crippen LogP) is 3.42. The standard InChI is InChI=1S/C17H24N2O3/c1-16(2,3)9-14(20)18-11-6-7-13-12(8-11)19-15(21)17(4,5)10-22-13/h6-8H,9-10H2,1-5H3,(H,18,20)(H,19,21). The molecule has 0 saturated heterocycles. The van der Waals surface area contributed by atoms with Crippen LogP contribution in [0.4, 0.5) is 11.4 Å². The van der Waals surface area contributed by atoms with Crippen molar-refractivity contribution in [2.45, 2.75) is 41.0 Å². The van der Waals surface area contributed by atoms with Gasteiger partial charge in [0.1, 0.15) is 12.4 Å². The molecule has 1 aliphatic heterocycles. The van der Waals surface area contributed by atoms with Crippen LogP contribution in [0.1, 0.15) is 41.0 Å². The highest BCUT2D eigenvalue weighted by Gasteiger charge is 2.32. The number of amides is 2. The zero-order valence-corrected chi connectivity index (χ0v) is 13.9. The Labute approximate surface area is 131 Å². The molecule has 1 aromatic rings. The fourth-order valence-corrected chi connectivity index (χ4v) is 2.13. The normalized spacial score (nSPS) is 16.9. The first-order valence-electron chi connectivity index (χ1n) is 7.45. The van der Waals surface area contributed by atoms with Gasteiger partial charge in [0, 0.05) is 12.1 Å². The van der Waals surface area contributed by atoms with Gasteiger partial charge in [-0.3, -0.25) is 9.59 Å². The number of benzene rings is 1. The zero-order chi connectivity index (χ0) is 16.5. The molecule has 1 heterocycles. The Morgan fingerprint density at radius 2 is 2.05 bits per heavy atom. The number of carbonyl (C=O) groups is 2. The van der Waals surface area contributed by atoms with E-state index >= 15 is 0 Å². The number of carbonyl (C=O) groups excluding carboxylic acids is 2. The molecule has 1 aromatic carbocycles. The van der Waals surface area contributed by atoms with Crippen LogP contribution in [0.25, 0.3) is 0 Å². The van der Waals surface area contributed by atoms with Gasteiger partial charge in [-0.15, -0.1) is 0 Å². The number of rotatable bonds is 2. The quantitative estimate of drug-likeness (QED) is 0.879. The first kappa shape index (κ1) is 16.3. The first-order chi connectivity index (χ1) is 10.1. The van der Waals surface area contributed by atoms with Crippen molar-refractivity contribution in [1.82, 2.24) is 0 Å². The van der Waals surface area contributed by atoms with Gasteiger partial charge in [0.05, 0.1) is 11.1 Å². The lowest BCUT2D eigenvalue weighted by Gasteiger charge is -2.18. The van der Waals surface area contributed by atoms with E-state index < -0.39 is 5.41 Å². The molecular formula is C17H24N2O3. The number of fused-ring (bicyclic) bond motifs is 1. The molecule has 2 rings (SSSR count). The van der Waals surface area contributed by atoms with E-state index in [0.717, 1.165) is 0 Å². The number of ether oxygens (including phenoxy) is 1. The third-order valence-corrected chi connectivity index (χ3v) is 3.41. The van der Waals surface area contributed by atoms with E-state index in [-0.39, 0.29) is 17.2 Å². The molecule has 0 aromatic heterocycles. The highest BCUT2D eigenvalue weighted by Crippen LogP contribution is 2.34. The van der Waals surface area contributed by atoms with Gasteiger partial charge in [-0.1, -0.05) is 20.8 Å². The van der Waals surface area contributed by atoms with E-state index in [2.05, 4.69) is 10.6 Å². The van der Waals surface area contributed by atoms with E-state index in [9.17, 15) is 9.59 Å². The van der Waals surface area contributed by atoms with Crippen molar-refractivity contribution in [2.75, 3.05) is 17.2 Å². The molecule has 0 spiro atoms. The van der Waals surface area contributed by atoms with Gasteiger partial charge in [-0.25, -0.2) is 0 Å². The molecule has 0 atom stereocenters. The summed E-state index contributed by atoms with van der Waals surface area (Å²) >= 11 is 0. The average molecular weight is 304 g/mol. The lowest BCUT2D eigenvalue weighted by atomic mass is 9.92. The molecule has 0 radical (unpaired) electrons. The topological polar surface area (TPSA) is 67.4 Å². The molecule has 120 valence electrons. The van der Waals surface area contributed by atoms with Crippen molar-refractivity contribution in [2.24, 2.45) is 10.8 Å². The second-order valence-electron chi connectivity index (χ2n) is 7.62. The highest BCUT2D eigenvalue weighted by molar-refractivity contribution is 5.98. The van der Waals surface area contributed by atoms with E-state index in [4.69, 9.17) is 4.74 Å². The fraction of sp³-hybridized carbons (Fsp3) is 0.529. The van der Waals surface area contributed by atoms with Crippen LogP contribution in [0.15, 0.2) is 18.2 Å². The molecule has 0 bridgehead atoms. The van der Waals surface area contributed by atoms with E-state index in [1.165, 1.54) is 0 Å². The van der Waals surface area contributed by atoms with Crippen LogP contribution in [-0.4, -0.2) is 18.4 Å². The van der Waals surface area contributed by atoms with Gasteiger partial charge < -0.3 is 15.4 Å². The summed E-state index contributed by atoms with van der Waals surface area (Å²) in [6, 6.07) is 5.28. The lowest BCUT2D eigenvalue weighted by molar-refractivity contribution is -0.125. The van der Waals surface area contributed by atoms with Gasteiger partial charge >= 0.3 is 0 Å². The van der Waals surface area contributed by atoms with Crippen molar-refractivity contribution in [3.63, 3.8) is 0 Å². The highest BCUT2D eigenvalue weighted by atomic mass is 16.5. The van der Waals surface area contributed by atoms with Crippen LogP contribution in [-0.2, 0) is 9.59 Å². The summed E-state index contributed by atoms with van der Waals surface area (Å²) in [4.78, 5) is 24.1. The van der Waals surface area contributed by atoms with Crippen molar-refractivity contribution in [3.05, 3.63) is 18.2 Å². The maximum Gasteiger partial charge on any atom is 0.233 e. The largest absolute Gasteiger partial charge is 0.490 e. The van der Waals surface area contributed by atoms with E-state index in [1.54, 1.807) is 18.2 Å². The first-order valence-corrected chi connectivity index (χ1v) is 7.45. The number of nitrogens with one attached hydrogen (secondary N) is 2. The monoisotopic (exact) mass is 304 g/mol. The Morgan fingerprint density at radius 3 is 2.68 bits per heavy atom. The lowest BCUT2D eigenvalue weighted by Crippen LogP contribution is -2.33. The molecule has 1 aliphatic rings. The Balaban J connectivity index is 2.16. The smallest absolute Gasteiger partial charge is 0.233 e. The van der Waals surface area contributed by atoms with Crippen LogP contribution in [0, 0.1) is 10.8 Å². The Morgan fingerprint density at radius 1 is 1.36 bits per heavy atom. The van der Waals surface area contributed by atoms with E-state index in [1.807, 2.05) is 34.6 Å². The van der Waals surface area contributed by atoms with Gasteiger partial charge in [0.2, 0.25) is 11.8 Å². The van der Waals surface area contributed by atoms with Gasteiger partial charge in [0.25, 0.3) is 0 Å². The SMILES string of the molecule is CC(C)(C)CC(=O)Nc1ccc2c(c1)NC(=O)C(C)(C)CO2. The molecule has 0 unspecified atom stereocenters. The molecule has 0 fully saturated rings. The molecule has 5 nitrogen and oxygen atoms in total. The van der Waals surface area contributed by atoms with Gasteiger partial charge in [-0.2, -0.15) is 0 Å². The zero-order valence-electron chi connectivity index (χ0n) is 13.9. The summed E-state index contributed by atoms with van der Waals surface area (Å²) in [7, 11) is 0. The minimum atomic E-state index is -0.589. The van der Waals surface area contributed by atoms with Crippen molar-refractivity contribution in [3.8, 4) is 5.75 Å². The Hall–Kier alpha value is -2.04. The van der Waals surface area contributed by atoms with Crippen LogP contribution in [0.3, 0.4) is 0 Å². The molecule has 5 heteroatoms. The molecular weight excluding hydrogens is 280 g/mol. The third kappa shape index (κ3) is 4.00. The summed E-state index contributed by atoms with van der Waals surface area (Å²) in [5.41, 5.74) is 0.576. The molecule has 22 heavy (non-hydrogen) atoms. The number of anilines is 2. The maximum absolute atomic E-state index is 12.1. The second-order valence-corrected chi connectivity index (χ2v) is 7.62. The van der Waals surface area contributed by atoms with Crippen LogP contribution in [0.2, 0.25) is 0 Å². The summed E-state index contributed by atoms with van der Waals surface area (Å²) in [6.07, 6.45) is 0.431. The van der Waals surface area contributed by atoms with E-state index in [0.29, 0.717) is 30.2 Å². The molecule has 2 amide bonds. The van der Waals surface area contributed by atoms with Crippen LogP contribution in [0.5, 0.6) is 5.75 Å². The predicted molar refractivity (Wildman–Crippen MR) is 87.0 cm³/mol. The summed E-state index contributed by atoms with van der Waals surface area (Å²) < 4.78 is 5.68. The Bertz CT molecular complexity index is 600. The summed E-state index contributed by atoms with van der Waals surface area (Å²) in [6.45, 7) is 10.0. The van der Waals surface area contributed by atoms with Crippen molar-refractivity contribution < 1.29 is 14.3 Å². The molecule has 0 aliphatic carbocycles. The van der Waals surface area contributed by atoms with Crippen molar-refractivity contribution in [1.29, 1.82) is 0 Å². The Kier molecular flexibility index (Phi) is 4.18. The summed E-state index contributed by atoms with van der Waals surface area (Å²) in [5, 5.41) is 5.72. The van der Waals surface area contributed by atoms with Gasteiger partial charge in [0.15, 0.2) is 0 Å². The number of hydrogen-bond donors (Lipinski definition) is 2. The van der Waals surface area contributed by atoms with Crippen LogP contribution < -0.4 is 15.4 Å². The average Bonchev–Trinajstić information content (AvgIpc) is 2.45. The second kappa shape index (κ2) is 5.63. The van der Waals surface area contributed by atoms with Crippen LogP contribution >= 0.6 is 0 Å².